The van der Waals surface area contributed by atoms with Crippen LogP contribution in [-0.2, 0) is 26.8 Å². The summed E-state index contributed by atoms with van der Waals surface area (Å²) >= 11 is 0.715. The van der Waals surface area contributed by atoms with Gasteiger partial charge in [0.2, 0.25) is 0 Å². The van der Waals surface area contributed by atoms with E-state index in [2.05, 4.69) is 0 Å². The first-order valence-electron chi connectivity index (χ1n) is 0.720. The van der Waals surface area contributed by atoms with Crippen molar-refractivity contribution in [3.05, 3.63) is 0 Å². The van der Waals surface area contributed by atoms with Crippen LogP contribution in [0.1, 0.15) is 0 Å². The molecule has 0 aromatic rings. The maximum atomic E-state index is 9.19. The Kier molecular flexibility index (Phi) is 1.56. The molecule has 0 aromatic heterocycles. The van der Waals surface area contributed by atoms with Gasteiger partial charge in [-0.3, -0.25) is 0 Å². The molecule has 0 unspecified atom stereocenters. The summed E-state index contributed by atoms with van der Waals surface area (Å²) in [7, 11) is -3.67. The topological polar surface area (TPSA) is 54.4 Å². The normalized spacial score (nSPS) is 11.2. The van der Waals surface area contributed by atoms with Gasteiger partial charge in [0.1, 0.15) is 0 Å². The molecule has 0 amide bonds. The van der Waals surface area contributed by atoms with E-state index in [4.69, 9.17) is 4.55 Å². The molecule has 0 aromatic carbocycles. The first kappa shape index (κ1) is 5.62. The Bertz CT molecular complexity index is 90.1. The molecule has 0 fully saturated rings. The Labute approximate surface area is 40.2 Å². The van der Waals surface area contributed by atoms with Crippen LogP contribution in [0.4, 0.5) is 0 Å². The summed E-state index contributed by atoms with van der Waals surface area (Å²) in [5.74, 6) is 0. The van der Waals surface area contributed by atoms with Crippen LogP contribution < -0.4 is 0 Å². The fourth-order valence-electron chi connectivity index (χ4n) is 0. The Morgan fingerprint density at radius 3 is 1.60 bits per heavy atom. The van der Waals surface area contributed by atoms with Crippen molar-refractivity contribution in [1.82, 2.24) is 0 Å². The first-order valence-corrected chi connectivity index (χ1v) is 4.07. The van der Waals surface area contributed by atoms with Gasteiger partial charge in [-0.1, -0.05) is 0 Å². The molecule has 0 spiro atoms. The summed E-state index contributed by atoms with van der Waals surface area (Å²) in [4.78, 5) is 0. The zero-order chi connectivity index (χ0) is 4.50. The van der Waals surface area contributed by atoms with E-state index in [9.17, 15) is 8.42 Å². The summed E-state index contributed by atoms with van der Waals surface area (Å²) in [5.41, 5.74) is 0. The fraction of sp³-hybridized carbons (Fsp3) is 0. The first-order chi connectivity index (χ1) is 2.00. The van der Waals surface area contributed by atoms with Crippen LogP contribution in [0.15, 0.2) is 0 Å². The zero-order valence-corrected chi connectivity index (χ0v) is 4.55. The van der Waals surface area contributed by atoms with Crippen molar-refractivity contribution in [1.29, 1.82) is 0 Å². The Balaban J connectivity index is 4.06. The Hall–Kier alpha value is 0.624. The molecule has 0 aliphatic rings. The Morgan fingerprint density at radius 1 is 1.60 bits per heavy atom. The van der Waals surface area contributed by atoms with Gasteiger partial charge in [0.25, 0.3) is 0 Å². The molecule has 0 radical (unpaired) electrons. The molecule has 1 N–H and O–H groups in total. The monoisotopic (exact) mass is 129 g/mol. The SMILES string of the molecule is O=[S](=O)(O)[Ti]. The predicted molar refractivity (Wildman–Crippen MR) is 11.5 cm³/mol. The molecule has 29 valence electrons. The zero-order valence-electron chi connectivity index (χ0n) is 2.17. The van der Waals surface area contributed by atoms with Crippen LogP contribution in [0.2, 0.25) is 0 Å². The number of hydrogen-bond acceptors (Lipinski definition) is 2. The molecular formula is HO3STi. The minimum absolute atomic E-state index is 0.715. The van der Waals surface area contributed by atoms with Crippen molar-refractivity contribution in [3.8, 4) is 0 Å². The van der Waals surface area contributed by atoms with Gasteiger partial charge in [-0.05, 0) is 0 Å². The van der Waals surface area contributed by atoms with Gasteiger partial charge >= 0.3 is 39.8 Å². The molecule has 3 nitrogen and oxygen atoms in total. The summed E-state index contributed by atoms with van der Waals surface area (Å²) < 4.78 is 25.9. The van der Waals surface area contributed by atoms with Crippen LogP contribution in [-0.4, -0.2) is 13.0 Å². The maximum absolute atomic E-state index is 9.19. The average Bonchev–Trinajstić information content (AvgIpc) is 0.722. The van der Waals surface area contributed by atoms with Gasteiger partial charge in [0.15, 0.2) is 0 Å². The van der Waals surface area contributed by atoms with Crippen molar-refractivity contribution in [2.24, 2.45) is 0 Å². The third-order valence-corrected chi connectivity index (χ3v) is 0. The fourth-order valence-corrected chi connectivity index (χ4v) is 0. The van der Waals surface area contributed by atoms with Crippen molar-refractivity contribution in [3.63, 3.8) is 0 Å². The molecule has 0 heterocycles. The summed E-state index contributed by atoms with van der Waals surface area (Å²) in [6.07, 6.45) is 0. The third kappa shape index (κ3) is 81.7. The molecule has 0 saturated heterocycles. The van der Waals surface area contributed by atoms with Gasteiger partial charge in [-0.15, -0.1) is 0 Å². The van der Waals surface area contributed by atoms with Crippen LogP contribution in [0.3, 0.4) is 0 Å². The van der Waals surface area contributed by atoms with Gasteiger partial charge in [-0.2, -0.15) is 0 Å². The molecule has 5 heavy (non-hydrogen) atoms. The molecule has 0 rings (SSSR count). The van der Waals surface area contributed by atoms with E-state index in [1.165, 1.54) is 0 Å². The number of rotatable bonds is 0. The molecule has 0 aliphatic carbocycles. The summed E-state index contributed by atoms with van der Waals surface area (Å²) in [5, 5.41) is 0. The van der Waals surface area contributed by atoms with Gasteiger partial charge in [0.05, 0.1) is 0 Å². The van der Waals surface area contributed by atoms with E-state index < -0.39 is 7.70 Å². The molecule has 0 aliphatic heterocycles. The van der Waals surface area contributed by atoms with E-state index in [0.717, 1.165) is 0 Å². The van der Waals surface area contributed by atoms with Crippen LogP contribution >= 0.6 is 0 Å². The second-order valence-corrected chi connectivity index (χ2v) is 3.84. The van der Waals surface area contributed by atoms with Crippen molar-refractivity contribution >= 4 is 7.70 Å². The van der Waals surface area contributed by atoms with E-state index in [0.29, 0.717) is 19.1 Å². The van der Waals surface area contributed by atoms with Crippen molar-refractivity contribution in [2.75, 3.05) is 0 Å². The number of hydrogen-bond donors (Lipinski definition) is 1. The quantitative estimate of drug-likeness (QED) is 0.348. The minimum atomic E-state index is -3.67. The molecule has 0 atom stereocenters. The van der Waals surface area contributed by atoms with Crippen LogP contribution in [0, 0.1) is 0 Å². The second kappa shape index (κ2) is 1.38. The molecular weight excluding hydrogens is 128 g/mol. The molecule has 5 heteroatoms. The second-order valence-electron chi connectivity index (χ2n) is 0.475. The van der Waals surface area contributed by atoms with E-state index in [-0.39, 0.29) is 0 Å². The third-order valence-electron chi connectivity index (χ3n) is 0. The van der Waals surface area contributed by atoms with E-state index in [1.54, 1.807) is 0 Å². The Morgan fingerprint density at radius 2 is 1.60 bits per heavy atom. The van der Waals surface area contributed by atoms with E-state index in [1.807, 2.05) is 0 Å². The van der Waals surface area contributed by atoms with E-state index >= 15 is 0 Å². The average molecular weight is 129 g/mol. The standard InChI is InChI=1S/HO3S.Ti/c1-4(2)3;/h(H,1,2,3);. The van der Waals surface area contributed by atoms with Crippen molar-refractivity contribution in [2.45, 2.75) is 0 Å². The molecule has 0 bridgehead atoms. The van der Waals surface area contributed by atoms with Crippen molar-refractivity contribution < 1.29 is 32.1 Å². The summed E-state index contributed by atoms with van der Waals surface area (Å²) in [6, 6.07) is 0. The summed E-state index contributed by atoms with van der Waals surface area (Å²) in [6.45, 7) is 0. The molecule has 0 saturated carbocycles. The van der Waals surface area contributed by atoms with Gasteiger partial charge < -0.3 is 0 Å². The van der Waals surface area contributed by atoms with Crippen LogP contribution in [0.5, 0.6) is 0 Å². The van der Waals surface area contributed by atoms with Gasteiger partial charge in [0, 0.05) is 0 Å². The predicted octanol–water partition coefficient (Wildman–Crippen LogP) is -0.664. The van der Waals surface area contributed by atoms with Gasteiger partial charge in [-0.25, -0.2) is 0 Å². The van der Waals surface area contributed by atoms with Crippen LogP contribution in [0.25, 0.3) is 0 Å².